The molecule has 1 aromatic heterocycles. The van der Waals surface area contributed by atoms with Crippen LogP contribution in [0.4, 0.5) is 0 Å². The minimum atomic E-state index is 0.124. The van der Waals surface area contributed by atoms with Crippen molar-refractivity contribution in [2.24, 2.45) is 11.8 Å². The van der Waals surface area contributed by atoms with Crippen LogP contribution in [0.25, 0.3) is 10.1 Å². The average Bonchev–Trinajstić information content (AvgIpc) is 1.68. The van der Waals surface area contributed by atoms with Gasteiger partial charge in [-0.2, -0.15) is 0 Å². The Kier molecular flexibility index (Phi) is 136. The Morgan fingerprint density at radius 2 is 0.514 bits per heavy atom. The number of benzene rings is 2. The molecule has 2 aromatic carbocycles. The number of fused-ring (bicyclic) bond motifs is 1. The number of piperazine rings is 1. The summed E-state index contributed by atoms with van der Waals surface area (Å²) in [4.78, 5) is 33.2. The second kappa shape index (κ2) is 125. The van der Waals surface area contributed by atoms with Gasteiger partial charge in [-0.05, 0) is 59.9 Å². The molecule has 1 unspecified atom stereocenters. The molecule has 2 atom stereocenters. The fourth-order valence-corrected chi connectivity index (χ4v) is 283. The molecular formula is C31H38ClN3O2S105. The van der Waals surface area contributed by atoms with Gasteiger partial charge in [0, 0.05) is 995 Å². The number of hydrogen-bond donors (Lipinski definition) is 0. The molecule has 2 amide bonds. The molecule has 0 spiro atoms. The predicted molar refractivity (Wildman–Crippen MR) is 923 cm³/mol. The van der Waals surface area contributed by atoms with Crippen LogP contribution in [0.1, 0.15) is 56.5 Å². The smallest absolute Gasteiger partial charge is 0.223 e. The number of amides is 2. The van der Waals surface area contributed by atoms with Crippen molar-refractivity contribution in [1.29, 1.82) is 0 Å². The summed E-state index contributed by atoms with van der Waals surface area (Å²) in [5.41, 5.74) is 1.24. The van der Waals surface area contributed by atoms with Gasteiger partial charge in [0.15, 0.2) is 0 Å². The van der Waals surface area contributed by atoms with Crippen molar-refractivity contribution >= 4 is 973 Å². The lowest BCUT2D eigenvalue weighted by Gasteiger charge is -2.46. The monoisotopic (exact) mass is 3880 g/mol. The highest BCUT2D eigenvalue weighted by Crippen LogP contribution is 2.39. The zero-order valence-electron chi connectivity index (χ0n) is 65.1. The maximum Gasteiger partial charge on any atom is 0.223 e. The van der Waals surface area contributed by atoms with Crippen molar-refractivity contribution in [3.63, 3.8) is 0 Å². The van der Waals surface area contributed by atoms with E-state index in [1.807, 2.05) is 810 Å². The molecule has 0 saturated carbocycles. The maximum atomic E-state index is 13.6. The van der Waals surface area contributed by atoms with Gasteiger partial charge >= 0.3 is 0 Å². The van der Waals surface area contributed by atoms with E-state index in [4.69, 9.17) is 34.0 Å². The summed E-state index contributed by atoms with van der Waals surface area (Å²) in [7, 11) is 185. The summed E-state index contributed by atoms with van der Waals surface area (Å²) in [6.45, 7) is 10.1. The normalized spacial score (nSPS) is 11.2. The zero-order chi connectivity index (χ0) is 101. The third kappa shape index (κ3) is 101. The number of thiophene rings is 1. The maximum absolute atomic E-state index is 13.6. The number of carbonyl (C=O) groups is 2. The highest BCUT2D eigenvalue weighted by atomic mass is 35.5. The second-order valence-corrected chi connectivity index (χ2v) is 200. The van der Waals surface area contributed by atoms with Crippen LogP contribution in [-0.2, 0) is 938 Å². The van der Waals surface area contributed by atoms with Gasteiger partial charge in [-0.15, -0.1) is 11.3 Å². The molecule has 5 nitrogen and oxygen atoms in total. The van der Waals surface area contributed by atoms with E-state index >= 15 is 0 Å². The van der Waals surface area contributed by atoms with Gasteiger partial charge in [0.2, 0.25) is 11.8 Å². The molecule has 2 fully saturated rings. The molecule has 0 N–H and O–H groups in total. The largest absolute Gasteiger partial charge is 0.343 e. The summed E-state index contributed by atoms with van der Waals surface area (Å²) in [5, 5.41) is 2.02. The Hall–Kier alpha value is 20.5. The number of likely N-dealkylation sites (tertiary alicyclic amines) is 1. The lowest BCUT2D eigenvalue weighted by molar-refractivity contribution is -0.139. The van der Waals surface area contributed by atoms with Crippen molar-refractivity contribution in [3.8, 4) is 0 Å². The third-order valence-electron chi connectivity index (χ3n) is 11.1. The fourth-order valence-electron chi connectivity index (χ4n) is 7.23. The fraction of sp³-hybridized carbons (Fsp3) is 0.484. The van der Waals surface area contributed by atoms with Crippen LogP contribution in [0.15, 0.2) is 54.6 Å². The first-order valence-electron chi connectivity index (χ1n) is 31.0. The summed E-state index contributed by atoms with van der Waals surface area (Å²) >= 11 is 17.8. The molecule has 826 valence electrons. The lowest BCUT2D eigenvalue weighted by atomic mass is 9.91. The third-order valence-corrected chi connectivity index (χ3v) is 237. The Labute approximate surface area is 1130 Å². The minimum absolute atomic E-state index is 0.124. The van der Waals surface area contributed by atoms with E-state index in [1.165, 1.54) is 38.3 Å². The van der Waals surface area contributed by atoms with Crippen LogP contribution in [0.2, 0.25) is 5.02 Å². The van der Waals surface area contributed by atoms with Crippen LogP contribution >= 0.6 is 22.9 Å². The van der Waals surface area contributed by atoms with Crippen LogP contribution in [0, 0.1) is 11.8 Å². The second-order valence-electron chi connectivity index (χ2n) is 18.1. The van der Waals surface area contributed by atoms with Crippen molar-refractivity contribution in [1.82, 2.24) is 14.7 Å². The molecule has 5 rings (SSSR count). The summed E-state index contributed by atoms with van der Waals surface area (Å²) in [6, 6.07) is 19.4. The number of carbonyl (C=O) groups excluding carboxylic acids is 2. The van der Waals surface area contributed by atoms with Crippen molar-refractivity contribution in [3.05, 3.63) is 70.1 Å². The van der Waals surface area contributed by atoms with Gasteiger partial charge in [-0.25, -0.2) is 0 Å². The summed E-state index contributed by atoms with van der Waals surface area (Å²) < 4.78 is 1.30. The molecule has 2 aliphatic rings. The van der Waals surface area contributed by atoms with Crippen molar-refractivity contribution in [2.45, 2.75) is 52.1 Å². The number of piperidine rings is 1. The molecule has 0 radical (unpaired) electrons. The number of rotatable bonds is 6. The van der Waals surface area contributed by atoms with Gasteiger partial charge < -0.3 is 9.80 Å². The summed E-state index contributed by atoms with van der Waals surface area (Å²) in [5.74, 6) is 1.13. The van der Waals surface area contributed by atoms with Gasteiger partial charge in [0.05, 0.1) is 6.04 Å². The van der Waals surface area contributed by atoms with E-state index < -0.39 is 0 Å². The topological polar surface area (TPSA) is 43.9 Å². The van der Waals surface area contributed by atoms with Crippen LogP contribution in [-0.4, -0.2) is 65.3 Å². The van der Waals surface area contributed by atoms with Gasteiger partial charge in [0.1, 0.15) is 0 Å². The standard InChI is InChI=1S/C31H38ClN3O2S.S104/c1-21(2)27-20-34(16-17-35(27)30(37)18-23-12-14-33(15-13-23)22(3)36)31(24-8-10-26(32)11-9-24)29-19-25-6-4-5-7-28(25)38-29;1-3-5-7-9-11-13-15-17-19-21-23-25-27-29-31-33-35-37-39-41-43-45-47-49-51-53-55-57-59-61-63-65-67-69-71-73-75-77-79-81-83-85-87-89-91-93-95-97-99-101-103-104-102-100-98-96-94-92-90-88-86-84-82-80-78-76-74-72-70-68-66-64-62-60-58-56-54-52-50-48-46-44-42-40-38-36-34-32-30-28-26-24-22-20-18-16-14-12-10-8-6-4-2/h4-11,19,21,23,27,31H,12-18,20H2,1-3H3;/t27-,31?;/m1./s1. The Morgan fingerprint density at radius 3 is 0.711 bits per heavy atom. The molecule has 142 heavy (non-hydrogen) atoms. The van der Waals surface area contributed by atoms with Crippen molar-refractivity contribution in [2.75, 3.05) is 32.7 Å². The average molecular weight is 3890 g/mol. The van der Waals surface area contributed by atoms with E-state index in [1.54, 1.807) is 113 Å². The molecule has 3 aromatic rings. The van der Waals surface area contributed by atoms with E-state index in [-0.39, 0.29) is 23.9 Å². The summed E-state index contributed by atoms with van der Waals surface area (Å²) in [6.07, 6.45) is 2.43. The number of hydrogen-bond acceptors (Lipinski definition) is 6. The Balaban J connectivity index is 0.000000903. The zero-order valence-corrected chi connectivity index (χ0v) is 152. The van der Waals surface area contributed by atoms with Gasteiger partial charge in [-0.1, -0.05) is 55.8 Å². The molecule has 111 heteroatoms. The highest BCUT2D eigenvalue weighted by Gasteiger charge is 2.37. The Morgan fingerprint density at radius 1 is 0.303 bits per heavy atom. The SMILES string of the molecule is CC(=O)N1CCC(CC(=O)N2CCN(C(c3ccc(Cl)cc3)c3cc4ccccc4s3)C[C@@H]2C(C)C)CC1.S=S=S=S=S=S=S=S=S=S=S=S=S=S=S=S=S=S=S=S=S=S=S=S=S=S=S=S=S=S=S=S=S=S=S=S=S=S=S=S=S=S=S=S=S=S=S=S=S=S=S=S=S=S=S=S=S=S=S=S=S=S=S=S=S=S=S=S=S=S=S=S=S=S=S=S=S=S=S=S=S=S=S=S=S=S=S=S=S=S=S=S=S=S=S=S=S=S=S=S=S=S=S=S. The predicted octanol–water partition coefficient (Wildman–Crippen LogP) is 6.21. The molecule has 0 aliphatic carbocycles. The van der Waals surface area contributed by atoms with E-state index in [0.29, 0.717) is 18.3 Å². The van der Waals surface area contributed by atoms with E-state index in [2.05, 4.69) is 66.1 Å². The molecule has 0 bridgehead atoms. The first kappa shape index (κ1) is 155. The van der Waals surface area contributed by atoms with Crippen LogP contribution < -0.4 is 0 Å². The Bertz CT molecular complexity index is 9970. The van der Waals surface area contributed by atoms with E-state index in [9.17, 15) is 9.59 Å². The van der Waals surface area contributed by atoms with E-state index in [0.717, 1.165) is 50.6 Å². The first-order chi connectivity index (χ1) is 70.2. The molecule has 2 aliphatic heterocycles. The molecule has 2 saturated heterocycles. The quantitative estimate of drug-likeness (QED) is 0.294. The number of halogens is 1. The van der Waals surface area contributed by atoms with Gasteiger partial charge in [-0.3, -0.25) is 14.5 Å². The van der Waals surface area contributed by atoms with Crippen LogP contribution in [0.5, 0.6) is 0 Å². The van der Waals surface area contributed by atoms with Crippen molar-refractivity contribution < 1.29 is 9.59 Å². The highest BCUT2D eigenvalue weighted by molar-refractivity contribution is 8.88. The molecular weight excluding hydrogens is 3850 g/mol. The molecule has 3 heterocycles. The number of nitrogens with zero attached hydrogens (tertiary/aromatic N) is 3. The lowest BCUT2D eigenvalue weighted by Crippen LogP contribution is -2.58. The minimum Gasteiger partial charge on any atom is -0.343 e. The van der Waals surface area contributed by atoms with Crippen LogP contribution in [0.3, 0.4) is 0 Å². The van der Waals surface area contributed by atoms with Gasteiger partial charge in [0.25, 0.3) is 0 Å². The first-order valence-corrected chi connectivity index (χ1v) is 170.